The maximum absolute atomic E-state index is 14.6. The maximum atomic E-state index is 14.6. The molecule has 9 nitrogen and oxygen atoms in total. The first-order valence-corrected chi connectivity index (χ1v) is 12.2. The molecule has 1 aliphatic carbocycles. The highest BCUT2D eigenvalue weighted by Gasteiger charge is 2.31. The van der Waals surface area contributed by atoms with Crippen molar-refractivity contribution in [3.8, 4) is 0 Å². The molecule has 3 aliphatic rings. The number of benzene rings is 1. The SMILES string of the molecule is CC1(C)CCCNS(=O)(=O)c2ccc(c(F)c2)Nc2cc([nH]n2)[C@H]2CC[C@H](C2)OC(=O)N1. The number of ether oxygens (including phenoxy) is 1. The monoisotopic (exact) mass is 465 g/mol. The van der Waals surface area contributed by atoms with Crippen LogP contribution in [0.5, 0.6) is 0 Å². The van der Waals surface area contributed by atoms with E-state index in [4.69, 9.17) is 4.74 Å². The minimum absolute atomic E-state index is 0.127. The van der Waals surface area contributed by atoms with Crippen molar-refractivity contribution >= 4 is 27.6 Å². The van der Waals surface area contributed by atoms with Gasteiger partial charge in [0.05, 0.1) is 10.6 Å². The molecule has 32 heavy (non-hydrogen) atoms. The zero-order valence-corrected chi connectivity index (χ0v) is 18.9. The number of alkyl carbamates (subject to hydrolysis) is 1. The minimum Gasteiger partial charge on any atom is -0.446 e. The van der Waals surface area contributed by atoms with Crippen LogP contribution in [0.4, 0.5) is 20.7 Å². The van der Waals surface area contributed by atoms with Gasteiger partial charge < -0.3 is 15.4 Å². The molecule has 6 bridgehead atoms. The standard InChI is InChI=1S/C21H28FN5O4S/c1-21(2)8-3-9-23-32(29,30)15-6-7-17(16(22)11-15)24-19-12-18(26-27-19)13-4-5-14(10-13)31-20(28)25-21/h6-7,11-14,23H,3-5,8-10H2,1-2H3,(H,25,28)(H2,24,26,27)/t13-,14+/m0/s1. The van der Waals surface area contributed by atoms with Crippen molar-refractivity contribution in [2.45, 2.75) is 68.4 Å². The molecule has 174 valence electrons. The van der Waals surface area contributed by atoms with Crippen molar-refractivity contribution in [1.29, 1.82) is 0 Å². The highest BCUT2D eigenvalue weighted by atomic mass is 32.2. The van der Waals surface area contributed by atoms with Crippen molar-refractivity contribution in [2.75, 3.05) is 11.9 Å². The zero-order valence-electron chi connectivity index (χ0n) is 18.1. The van der Waals surface area contributed by atoms with Crippen molar-refractivity contribution in [1.82, 2.24) is 20.2 Å². The predicted molar refractivity (Wildman–Crippen MR) is 117 cm³/mol. The van der Waals surface area contributed by atoms with Gasteiger partial charge in [-0.05, 0) is 64.2 Å². The van der Waals surface area contributed by atoms with Crippen LogP contribution in [0.25, 0.3) is 0 Å². The van der Waals surface area contributed by atoms with Gasteiger partial charge in [-0.15, -0.1) is 0 Å². The summed E-state index contributed by atoms with van der Waals surface area (Å²) in [7, 11) is -3.87. The van der Waals surface area contributed by atoms with Crippen LogP contribution in [0.2, 0.25) is 0 Å². The summed E-state index contributed by atoms with van der Waals surface area (Å²) in [5, 5.41) is 12.9. The number of carbonyl (C=O) groups excluding carboxylic acids is 1. The van der Waals surface area contributed by atoms with E-state index >= 15 is 0 Å². The summed E-state index contributed by atoms with van der Waals surface area (Å²) in [5.74, 6) is -0.117. The van der Waals surface area contributed by atoms with Gasteiger partial charge in [0.15, 0.2) is 5.82 Å². The van der Waals surface area contributed by atoms with Crippen LogP contribution in [-0.4, -0.2) is 42.9 Å². The van der Waals surface area contributed by atoms with Crippen LogP contribution in [0.15, 0.2) is 29.2 Å². The van der Waals surface area contributed by atoms with Crippen LogP contribution < -0.4 is 15.4 Å². The number of H-pyrrole nitrogens is 1. The average Bonchev–Trinajstić information content (AvgIpc) is 3.35. The fraction of sp³-hybridized carbons (Fsp3) is 0.524. The number of hydrogen-bond acceptors (Lipinski definition) is 6. The number of nitrogens with one attached hydrogen (secondary N) is 4. The molecule has 5 rings (SSSR count). The number of sulfonamides is 1. The number of fused-ring (bicyclic) bond motifs is 10. The van der Waals surface area contributed by atoms with E-state index < -0.39 is 27.5 Å². The van der Waals surface area contributed by atoms with Gasteiger partial charge in [-0.1, -0.05) is 0 Å². The molecular weight excluding hydrogens is 437 g/mol. The predicted octanol–water partition coefficient (Wildman–Crippen LogP) is 3.51. The Morgan fingerprint density at radius 2 is 2.03 bits per heavy atom. The van der Waals surface area contributed by atoms with Gasteiger partial charge in [-0.25, -0.2) is 22.3 Å². The lowest BCUT2D eigenvalue weighted by Gasteiger charge is -2.27. The molecule has 4 N–H and O–H groups in total. The third-order valence-electron chi connectivity index (χ3n) is 5.92. The molecule has 0 spiro atoms. The molecule has 1 saturated carbocycles. The van der Waals surface area contributed by atoms with Crippen LogP contribution in [-0.2, 0) is 14.8 Å². The first kappa shape index (κ1) is 22.5. The second-order valence-electron chi connectivity index (χ2n) is 9.02. The van der Waals surface area contributed by atoms with Gasteiger partial charge in [-0.3, -0.25) is 5.10 Å². The second-order valence-corrected chi connectivity index (χ2v) is 10.8. The normalized spacial score (nSPS) is 25.4. The molecule has 1 aromatic heterocycles. The summed E-state index contributed by atoms with van der Waals surface area (Å²) in [6.07, 6.45) is 2.62. The fourth-order valence-corrected chi connectivity index (χ4v) is 5.27. The molecule has 2 atom stereocenters. The molecule has 1 amide bonds. The van der Waals surface area contributed by atoms with Crippen LogP contribution in [0.3, 0.4) is 0 Å². The van der Waals surface area contributed by atoms with Crippen molar-refractivity contribution in [3.63, 3.8) is 0 Å². The lowest BCUT2D eigenvalue weighted by molar-refractivity contribution is 0.0916. The van der Waals surface area contributed by atoms with E-state index in [1.807, 2.05) is 13.8 Å². The smallest absolute Gasteiger partial charge is 0.407 e. The zero-order chi connectivity index (χ0) is 22.9. The van der Waals surface area contributed by atoms with Gasteiger partial charge in [0, 0.05) is 29.8 Å². The Labute approximate surface area is 186 Å². The fourth-order valence-electron chi connectivity index (χ4n) is 4.18. The molecule has 1 aromatic carbocycles. The Bertz CT molecular complexity index is 1100. The van der Waals surface area contributed by atoms with Gasteiger partial charge in [0.2, 0.25) is 10.0 Å². The van der Waals surface area contributed by atoms with Crippen LogP contribution in [0.1, 0.15) is 57.6 Å². The van der Waals surface area contributed by atoms with E-state index in [1.165, 1.54) is 12.1 Å². The number of anilines is 2. The van der Waals surface area contributed by atoms with Gasteiger partial charge in [0.25, 0.3) is 0 Å². The number of nitrogens with zero attached hydrogens (tertiary/aromatic N) is 1. The Balaban J connectivity index is 1.59. The third-order valence-corrected chi connectivity index (χ3v) is 7.38. The Morgan fingerprint density at radius 3 is 2.81 bits per heavy atom. The first-order valence-electron chi connectivity index (χ1n) is 10.7. The molecule has 0 unspecified atom stereocenters. The summed E-state index contributed by atoms with van der Waals surface area (Å²) in [6.45, 7) is 3.88. The molecule has 11 heteroatoms. The van der Waals surface area contributed by atoms with E-state index in [-0.39, 0.29) is 29.1 Å². The topological polar surface area (TPSA) is 125 Å². The molecule has 2 aliphatic heterocycles. The molecule has 3 heterocycles. The largest absolute Gasteiger partial charge is 0.446 e. The third kappa shape index (κ3) is 5.21. The van der Waals surface area contributed by atoms with E-state index in [0.29, 0.717) is 25.1 Å². The summed E-state index contributed by atoms with van der Waals surface area (Å²) >= 11 is 0. The Morgan fingerprint density at radius 1 is 1.22 bits per heavy atom. The Hall–Kier alpha value is -2.66. The lowest BCUT2D eigenvalue weighted by atomic mass is 9.99. The quantitative estimate of drug-likeness (QED) is 0.472. The van der Waals surface area contributed by atoms with E-state index in [2.05, 4.69) is 25.6 Å². The van der Waals surface area contributed by atoms with Crippen molar-refractivity contribution in [2.24, 2.45) is 0 Å². The molecule has 1 fully saturated rings. The molecular formula is C21H28FN5O4S. The van der Waals surface area contributed by atoms with Crippen LogP contribution in [0, 0.1) is 5.82 Å². The highest BCUT2D eigenvalue weighted by Crippen LogP contribution is 2.36. The number of aromatic amines is 1. The average molecular weight is 466 g/mol. The maximum Gasteiger partial charge on any atom is 0.407 e. The number of halogens is 1. The first-order chi connectivity index (χ1) is 15.1. The van der Waals surface area contributed by atoms with Crippen molar-refractivity contribution < 1.29 is 22.3 Å². The van der Waals surface area contributed by atoms with Gasteiger partial charge in [-0.2, -0.15) is 5.10 Å². The highest BCUT2D eigenvalue weighted by molar-refractivity contribution is 7.89. The number of aromatic nitrogens is 2. The van der Waals surface area contributed by atoms with Crippen LogP contribution >= 0.6 is 0 Å². The molecule has 2 aromatic rings. The summed E-state index contributed by atoms with van der Waals surface area (Å²) < 4.78 is 47.8. The Kier molecular flexibility index (Phi) is 6.13. The molecule has 0 radical (unpaired) electrons. The number of rotatable bonds is 0. The molecule has 0 saturated heterocycles. The summed E-state index contributed by atoms with van der Waals surface area (Å²) in [4.78, 5) is 12.2. The number of amides is 1. The lowest BCUT2D eigenvalue weighted by Crippen LogP contribution is -2.45. The summed E-state index contributed by atoms with van der Waals surface area (Å²) in [6, 6.07) is 5.51. The number of hydrogen-bond donors (Lipinski definition) is 4. The second kappa shape index (κ2) is 8.70. The minimum atomic E-state index is -3.87. The van der Waals surface area contributed by atoms with Gasteiger partial charge in [0.1, 0.15) is 11.9 Å². The van der Waals surface area contributed by atoms with E-state index in [1.54, 1.807) is 6.07 Å². The van der Waals surface area contributed by atoms with E-state index in [0.717, 1.165) is 24.6 Å². The van der Waals surface area contributed by atoms with E-state index in [9.17, 15) is 17.6 Å². The summed E-state index contributed by atoms with van der Waals surface area (Å²) in [5.41, 5.74) is 0.430. The number of carbonyl (C=O) groups is 1. The van der Waals surface area contributed by atoms with Crippen molar-refractivity contribution in [3.05, 3.63) is 35.8 Å². The van der Waals surface area contributed by atoms with Gasteiger partial charge >= 0.3 is 6.09 Å².